The van der Waals surface area contributed by atoms with Crippen LogP contribution in [0.4, 0.5) is 0 Å². The van der Waals surface area contributed by atoms with E-state index in [4.69, 9.17) is 26.2 Å². The minimum atomic E-state index is -1.12. The SMILES string of the molecule is CCOc1cc(C=NNC(=O)C(NC(=O)c2cccc(Cl)c2)C(C)C)cc(Br)c1OCC(=O)O. The molecule has 0 aliphatic carbocycles. The molecule has 1 unspecified atom stereocenters. The van der Waals surface area contributed by atoms with Crippen molar-refractivity contribution in [2.45, 2.75) is 26.8 Å². The molecule has 0 aliphatic rings. The number of hydrogen-bond donors (Lipinski definition) is 3. The van der Waals surface area contributed by atoms with E-state index in [-0.39, 0.29) is 11.7 Å². The second-order valence-corrected chi connectivity index (χ2v) is 8.68. The predicted octanol–water partition coefficient (Wildman–Crippen LogP) is 3.87. The van der Waals surface area contributed by atoms with Crippen LogP contribution < -0.4 is 20.2 Å². The number of nitrogens with zero attached hydrogens (tertiary/aromatic N) is 1. The minimum Gasteiger partial charge on any atom is -0.490 e. The Hall–Kier alpha value is -3.11. The Morgan fingerprint density at radius 2 is 1.94 bits per heavy atom. The van der Waals surface area contributed by atoms with E-state index >= 15 is 0 Å². The topological polar surface area (TPSA) is 126 Å². The van der Waals surface area contributed by atoms with E-state index in [1.54, 1.807) is 51.1 Å². The number of ether oxygens (including phenoxy) is 2. The standard InChI is InChI=1S/C23H25BrClN3O6/c1-4-33-18-9-14(8-17(24)21(18)34-12-19(29)30)11-26-28-23(32)20(13(2)3)27-22(31)15-6-5-7-16(25)10-15/h5-11,13,20H,4,12H2,1-3H3,(H,27,31)(H,28,32)(H,29,30). The fourth-order valence-corrected chi connectivity index (χ4v) is 3.59. The number of amides is 2. The molecule has 0 spiro atoms. The molecular formula is C23H25BrClN3O6. The molecule has 0 aromatic heterocycles. The highest BCUT2D eigenvalue weighted by Crippen LogP contribution is 2.36. The van der Waals surface area contributed by atoms with Gasteiger partial charge in [-0.3, -0.25) is 9.59 Å². The van der Waals surface area contributed by atoms with Crippen molar-refractivity contribution in [3.8, 4) is 11.5 Å². The second-order valence-electron chi connectivity index (χ2n) is 7.39. The van der Waals surface area contributed by atoms with Crippen molar-refractivity contribution in [3.05, 3.63) is 57.0 Å². The van der Waals surface area contributed by atoms with Gasteiger partial charge in [-0.05, 0) is 64.7 Å². The fraction of sp³-hybridized carbons (Fsp3) is 0.304. The number of carbonyl (C=O) groups is 3. The quantitative estimate of drug-likeness (QED) is 0.286. The van der Waals surface area contributed by atoms with Crippen LogP contribution in [0.25, 0.3) is 0 Å². The normalized spacial score (nSPS) is 11.8. The molecule has 1 atom stereocenters. The van der Waals surface area contributed by atoms with E-state index < -0.39 is 30.4 Å². The minimum absolute atomic E-state index is 0.206. The van der Waals surface area contributed by atoms with Gasteiger partial charge in [0.25, 0.3) is 11.8 Å². The fourth-order valence-electron chi connectivity index (χ4n) is 2.83. The molecule has 34 heavy (non-hydrogen) atoms. The third-order valence-electron chi connectivity index (χ3n) is 4.38. The Morgan fingerprint density at radius 1 is 1.21 bits per heavy atom. The van der Waals surface area contributed by atoms with Crippen molar-refractivity contribution >= 4 is 51.5 Å². The maximum atomic E-state index is 12.7. The summed E-state index contributed by atoms with van der Waals surface area (Å²) in [4.78, 5) is 36.0. The molecule has 2 amide bonds. The van der Waals surface area contributed by atoms with Gasteiger partial charge < -0.3 is 19.9 Å². The summed E-state index contributed by atoms with van der Waals surface area (Å²) in [5.74, 6) is -1.68. The van der Waals surface area contributed by atoms with E-state index in [0.717, 1.165) is 0 Å². The average Bonchev–Trinajstić information content (AvgIpc) is 2.76. The maximum Gasteiger partial charge on any atom is 0.341 e. The van der Waals surface area contributed by atoms with Crippen molar-refractivity contribution < 1.29 is 29.0 Å². The molecule has 9 nitrogen and oxygen atoms in total. The Kier molecular flexibility index (Phi) is 10.3. The van der Waals surface area contributed by atoms with Crippen LogP contribution in [-0.2, 0) is 9.59 Å². The van der Waals surface area contributed by atoms with Gasteiger partial charge in [-0.2, -0.15) is 5.10 Å². The predicted molar refractivity (Wildman–Crippen MR) is 132 cm³/mol. The van der Waals surface area contributed by atoms with Crippen LogP contribution in [-0.4, -0.2) is 48.4 Å². The first-order valence-corrected chi connectivity index (χ1v) is 11.5. The summed E-state index contributed by atoms with van der Waals surface area (Å²) >= 11 is 9.27. The number of nitrogens with one attached hydrogen (secondary N) is 2. The Labute approximate surface area is 210 Å². The highest BCUT2D eigenvalue weighted by atomic mass is 79.9. The summed E-state index contributed by atoms with van der Waals surface area (Å²) in [6, 6.07) is 8.83. The van der Waals surface area contributed by atoms with Gasteiger partial charge in [-0.25, -0.2) is 10.2 Å². The van der Waals surface area contributed by atoms with Crippen molar-refractivity contribution in [3.63, 3.8) is 0 Å². The number of carboxylic acid groups (broad SMARTS) is 1. The van der Waals surface area contributed by atoms with E-state index in [1.807, 2.05) is 0 Å². The third-order valence-corrected chi connectivity index (χ3v) is 5.21. The van der Waals surface area contributed by atoms with Gasteiger partial charge >= 0.3 is 5.97 Å². The van der Waals surface area contributed by atoms with Gasteiger partial charge in [0.2, 0.25) is 0 Å². The van der Waals surface area contributed by atoms with E-state index in [2.05, 4.69) is 31.8 Å². The molecule has 3 N–H and O–H groups in total. The van der Waals surface area contributed by atoms with Crippen LogP contribution in [0.2, 0.25) is 5.02 Å². The smallest absolute Gasteiger partial charge is 0.341 e. The van der Waals surface area contributed by atoms with E-state index in [0.29, 0.717) is 33.0 Å². The molecule has 11 heteroatoms. The number of hydrazone groups is 1. The van der Waals surface area contributed by atoms with Crippen LogP contribution in [0.15, 0.2) is 46.0 Å². The third kappa shape index (κ3) is 8.03. The number of carbonyl (C=O) groups excluding carboxylic acids is 2. The van der Waals surface area contributed by atoms with Crippen molar-refractivity contribution in [1.29, 1.82) is 0 Å². The highest BCUT2D eigenvalue weighted by molar-refractivity contribution is 9.10. The molecule has 182 valence electrons. The number of benzene rings is 2. The maximum absolute atomic E-state index is 12.7. The summed E-state index contributed by atoms with van der Waals surface area (Å²) in [6.45, 7) is 5.18. The molecule has 0 aliphatic heterocycles. The molecule has 2 rings (SSSR count). The molecule has 0 bridgehead atoms. The van der Waals surface area contributed by atoms with Gasteiger partial charge in [-0.1, -0.05) is 31.5 Å². The summed E-state index contributed by atoms with van der Waals surface area (Å²) < 4.78 is 11.3. The van der Waals surface area contributed by atoms with Crippen molar-refractivity contribution in [1.82, 2.24) is 10.7 Å². The summed E-state index contributed by atoms with van der Waals surface area (Å²) in [5, 5.41) is 15.9. The first-order chi connectivity index (χ1) is 16.1. The Bertz CT molecular complexity index is 1080. The van der Waals surface area contributed by atoms with Crippen LogP contribution in [0.3, 0.4) is 0 Å². The van der Waals surface area contributed by atoms with Crippen LogP contribution in [0.1, 0.15) is 36.7 Å². The molecule has 2 aromatic rings. The molecule has 0 saturated heterocycles. The number of hydrogen-bond acceptors (Lipinski definition) is 6. The van der Waals surface area contributed by atoms with Gasteiger partial charge in [-0.15, -0.1) is 0 Å². The number of carboxylic acids is 1. The van der Waals surface area contributed by atoms with Crippen LogP contribution >= 0.6 is 27.5 Å². The second kappa shape index (κ2) is 13.0. The first-order valence-electron chi connectivity index (χ1n) is 10.3. The van der Waals surface area contributed by atoms with Crippen LogP contribution in [0, 0.1) is 5.92 Å². The first kappa shape index (κ1) is 27.1. The van der Waals surface area contributed by atoms with Crippen LogP contribution in [0.5, 0.6) is 11.5 Å². The average molecular weight is 555 g/mol. The molecule has 2 aromatic carbocycles. The summed E-state index contributed by atoms with van der Waals surface area (Å²) in [5.41, 5.74) is 3.33. The molecular weight excluding hydrogens is 530 g/mol. The molecule has 0 heterocycles. The monoisotopic (exact) mass is 553 g/mol. The molecule has 0 radical (unpaired) electrons. The van der Waals surface area contributed by atoms with Gasteiger partial charge in [0, 0.05) is 10.6 Å². The Morgan fingerprint density at radius 3 is 2.56 bits per heavy atom. The van der Waals surface area contributed by atoms with Gasteiger partial charge in [0.1, 0.15) is 6.04 Å². The zero-order valence-corrected chi connectivity index (χ0v) is 21.1. The molecule has 0 fully saturated rings. The number of aliphatic carboxylic acids is 1. The lowest BCUT2D eigenvalue weighted by atomic mass is 10.0. The lowest BCUT2D eigenvalue weighted by molar-refractivity contribution is -0.139. The summed E-state index contributed by atoms with van der Waals surface area (Å²) in [7, 11) is 0. The molecule has 0 saturated carbocycles. The Balaban J connectivity index is 2.11. The highest BCUT2D eigenvalue weighted by Gasteiger charge is 2.24. The summed E-state index contributed by atoms with van der Waals surface area (Å²) in [6.07, 6.45) is 1.39. The van der Waals surface area contributed by atoms with Gasteiger partial charge in [0.05, 0.1) is 17.3 Å². The van der Waals surface area contributed by atoms with Gasteiger partial charge in [0.15, 0.2) is 18.1 Å². The van der Waals surface area contributed by atoms with E-state index in [9.17, 15) is 14.4 Å². The number of rotatable bonds is 11. The zero-order chi connectivity index (χ0) is 25.3. The van der Waals surface area contributed by atoms with Crippen molar-refractivity contribution in [2.24, 2.45) is 11.0 Å². The van der Waals surface area contributed by atoms with E-state index in [1.165, 1.54) is 12.3 Å². The lowest BCUT2D eigenvalue weighted by Gasteiger charge is -2.20. The lowest BCUT2D eigenvalue weighted by Crippen LogP contribution is -2.48. The number of halogens is 2. The zero-order valence-electron chi connectivity index (χ0n) is 18.8. The largest absolute Gasteiger partial charge is 0.490 e. The van der Waals surface area contributed by atoms with Crippen molar-refractivity contribution in [2.75, 3.05) is 13.2 Å².